The number of hydrogen-bond acceptors (Lipinski definition) is 2. The Hall–Kier alpha value is -0.0800. The summed E-state index contributed by atoms with van der Waals surface area (Å²) < 4.78 is 6.15. The average Bonchev–Trinajstić information content (AvgIpc) is 3.13. The molecule has 2 aliphatic rings. The molecule has 0 radical (unpaired) electrons. The average molecular weight is 225 g/mol. The Labute approximate surface area is 99.9 Å². The van der Waals surface area contributed by atoms with Crippen LogP contribution < -0.4 is 5.73 Å². The van der Waals surface area contributed by atoms with Crippen LogP contribution in [-0.2, 0) is 4.74 Å². The molecule has 2 saturated carbocycles. The Morgan fingerprint density at radius 3 is 2.31 bits per heavy atom. The normalized spacial score (nSPS) is 35.2. The first-order valence-electron chi connectivity index (χ1n) is 7.12. The van der Waals surface area contributed by atoms with Crippen molar-refractivity contribution in [2.24, 2.45) is 17.6 Å². The maximum atomic E-state index is 6.15. The van der Waals surface area contributed by atoms with Gasteiger partial charge in [0.25, 0.3) is 0 Å². The van der Waals surface area contributed by atoms with E-state index in [9.17, 15) is 0 Å². The van der Waals surface area contributed by atoms with Gasteiger partial charge in [-0.2, -0.15) is 0 Å². The molecule has 0 aromatic heterocycles. The van der Waals surface area contributed by atoms with Gasteiger partial charge in [-0.15, -0.1) is 0 Å². The van der Waals surface area contributed by atoms with Crippen LogP contribution in [-0.4, -0.2) is 18.8 Å². The van der Waals surface area contributed by atoms with E-state index in [4.69, 9.17) is 10.5 Å². The lowest BCUT2D eigenvalue weighted by Gasteiger charge is -2.39. The van der Waals surface area contributed by atoms with Crippen molar-refractivity contribution in [3.8, 4) is 0 Å². The third-order valence-electron chi connectivity index (χ3n) is 4.41. The highest BCUT2D eigenvalue weighted by atomic mass is 16.5. The van der Waals surface area contributed by atoms with E-state index in [2.05, 4.69) is 6.92 Å². The molecule has 2 N–H and O–H groups in total. The van der Waals surface area contributed by atoms with Gasteiger partial charge in [-0.3, -0.25) is 0 Å². The number of hydrogen-bond donors (Lipinski definition) is 1. The first kappa shape index (κ1) is 12.4. The molecule has 0 heterocycles. The van der Waals surface area contributed by atoms with E-state index in [1.165, 1.54) is 51.4 Å². The minimum absolute atomic E-state index is 0.0484. The summed E-state index contributed by atoms with van der Waals surface area (Å²) in [6, 6.07) is 0. The second-order valence-electron chi connectivity index (χ2n) is 5.87. The van der Waals surface area contributed by atoms with Crippen LogP contribution in [0.2, 0.25) is 0 Å². The lowest BCUT2D eigenvalue weighted by Crippen LogP contribution is -2.44. The maximum absolute atomic E-state index is 6.15. The molecular weight excluding hydrogens is 198 g/mol. The lowest BCUT2D eigenvalue weighted by molar-refractivity contribution is -0.0759. The van der Waals surface area contributed by atoms with Gasteiger partial charge >= 0.3 is 0 Å². The quantitative estimate of drug-likeness (QED) is 0.754. The second-order valence-corrected chi connectivity index (χ2v) is 5.87. The van der Waals surface area contributed by atoms with Gasteiger partial charge < -0.3 is 10.5 Å². The Bertz CT molecular complexity index is 205. The smallest absolute Gasteiger partial charge is 0.0804 e. The molecule has 0 amide bonds. The molecule has 2 nitrogen and oxygen atoms in total. The fourth-order valence-electron chi connectivity index (χ4n) is 2.89. The molecule has 0 aromatic carbocycles. The summed E-state index contributed by atoms with van der Waals surface area (Å²) in [7, 11) is 0. The first-order chi connectivity index (χ1) is 7.78. The molecule has 2 rings (SSSR count). The molecule has 2 fully saturated rings. The minimum Gasteiger partial charge on any atom is -0.373 e. The van der Waals surface area contributed by atoms with Crippen molar-refractivity contribution in [1.29, 1.82) is 0 Å². The number of rotatable bonds is 6. The van der Waals surface area contributed by atoms with E-state index in [1.807, 2.05) is 0 Å². The summed E-state index contributed by atoms with van der Waals surface area (Å²) in [5.41, 5.74) is 5.99. The van der Waals surface area contributed by atoms with Gasteiger partial charge in [0.1, 0.15) is 0 Å². The Morgan fingerprint density at radius 1 is 1.12 bits per heavy atom. The molecule has 94 valence electrons. The Morgan fingerprint density at radius 2 is 1.81 bits per heavy atom. The zero-order valence-electron chi connectivity index (χ0n) is 10.7. The third-order valence-corrected chi connectivity index (χ3v) is 4.41. The van der Waals surface area contributed by atoms with Crippen LogP contribution in [0, 0.1) is 11.8 Å². The predicted octanol–water partition coefficient (Wildman–Crippen LogP) is 3.10. The van der Waals surface area contributed by atoms with E-state index in [0.29, 0.717) is 0 Å². The molecule has 2 heteroatoms. The standard InChI is InChI=1S/C14H27NO/c1-2-3-12-6-8-14(11-15,9-7-12)16-10-13-4-5-13/h12-13H,2-11,15H2,1H3. The highest BCUT2D eigenvalue weighted by Gasteiger charge is 2.36. The van der Waals surface area contributed by atoms with Crippen LogP contribution in [0.25, 0.3) is 0 Å². The van der Waals surface area contributed by atoms with Crippen molar-refractivity contribution in [1.82, 2.24) is 0 Å². The van der Waals surface area contributed by atoms with Crippen LogP contribution in [0.15, 0.2) is 0 Å². The molecule has 0 unspecified atom stereocenters. The van der Waals surface area contributed by atoms with Gasteiger partial charge in [0.15, 0.2) is 0 Å². The summed E-state index contributed by atoms with van der Waals surface area (Å²) in [4.78, 5) is 0. The zero-order chi connectivity index (χ0) is 11.4. The monoisotopic (exact) mass is 225 g/mol. The second kappa shape index (κ2) is 5.50. The summed E-state index contributed by atoms with van der Waals surface area (Å²) in [6.07, 6.45) is 10.5. The van der Waals surface area contributed by atoms with E-state index in [-0.39, 0.29) is 5.60 Å². The van der Waals surface area contributed by atoms with E-state index in [0.717, 1.165) is 25.0 Å². The Balaban J connectivity index is 1.76. The van der Waals surface area contributed by atoms with Gasteiger partial charge in [0, 0.05) is 6.54 Å². The van der Waals surface area contributed by atoms with Crippen molar-refractivity contribution in [2.75, 3.05) is 13.2 Å². The molecule has 0 spiro atoms. The largest absolute Gasteiger partial charge is 0.373 e. The topological polar surface area (TPSA) is 35.2 Å². The zero-order valence-corrected chi connectivity index (χ0v) is 10.7. The van der Waals surface area contributed by atoms with E-state index < -0.39 is 0 Å². The summed E-state index contributed by atoms with van der Waals surface area (Å²) in [6.45, 7) is 3.97. The van der Waals surface area contributed by atoms with Crippen molar-refractivity contribution < 1.29 is 4.74 Å². The van der Waals surface area contributed by atoms with Crippen molar-refractivity contribution >= 4 is 0 Å². The van der Waals surface area contributed by atoms with Crippen LogP contribution in [0.1, 0.15) is 58.3 Å². The summed E-state index contributed by atoms with van der Waals surface area (Å²) >= 11 is 0. The van der Waals surface area contributed by atoms with Crippen molar-refractivity contribution in [3.05, 3.63) is 0 Å². The lowest BCUT2D eigenvalue weighted by atomic mass is 9.77. The summed E-state index contributed by atoms with van der Waals surface area (Å²) in [5, 5.41) is 0. The van der Waals surface area contributed by atoms with Crippen molar-refractivity contribution in [3.63, 3.8) is 0 Å². The molecule has 16 heavy (non-hydrogen) atoms. The van der Waals surface area contributed by atoms with Crippen LogP contribution in [0.3, 0.4) is 0 Å². The van der Waals surface area contributed by atoms with Gasteiger partial charge in [0.2, 0.25) is 0 Å². The van der Waals surface area contributed by atoms with E-state index >= 15 is 0 Å². The SMILES string of the molecule is CCCC1CCC(CN)(OCC2CC2)CC1. The van der Waals surface area contributed by atoms with E-state index in [1.54, 1.807) is 0 Å². The molecular formula is C14H27NO. The Kier molecular flexibility index (Phi) is 4.26. The molecule has 2 aliphatic carbocycles. The number of ether oxygens (including phenoxy) is 1. The predicted molar refractivity (Wildman–Crippen MR) is 67.3 cm³/mol. The molecule has 0 aromatic rings. The molecule has 0 aliphatic heterocycles. The van der Waals surface area contributed by atoms with Crippen LogP contribution in [0.4, 0.5) is 0 Å². The molecule has 0 bridgehead atoms. The number of nitrogens with two attached hydrogens (primary N) is 1. The first-order valence-corrected chi connectivity index (χ1v) is 7.12. The maximum Gasteiger partial charge on any atom is 0.0804 e. The fraction of sp³-hybridized carbons (Fsp3) is 1.00. The van der Waals surface area contributed by atoms with Crippen LogP contribution >= 0.6 is 0 Å². The van der Waals surface area contributed by atoms with Gasteiger partial charge in [0.05, 0.1) is 12.2 Å². The van der Waals surface area contributed by atoms with Gasteiger partial charge in [-0.05, 0) is 50.4 Å². The molecule has 0 saturated heterocycles. The highest BCUT2D eigenvalue weighted by molar-refractivity contribution is 4.89. The van der Waals surface area contributed by atoms with Gasteiger partial charge in [-0.1, -0.05) is 19.8 Å². The minimum atomic E-state index is 0.0484. The third kappa shape index (κ3) is 3.21. The van der Waals surface area contributed by atoms with Crippen LogP contribution in [0.5, 0.6) is 0 Å². The molecule has 0 atom stereocenters. The summed E-state index contributed by atoms with van der Waals surface area (Å²) in [5.74, 6) is 1.80. The van der Waals surface area contributed by atoms with Gasteiger partial charge in [-0.25, -0.2) is 0 Å². The highest BCUT2D eigenvalue weighted by Crippen LogP contribution is 2.38. The van der Waals surface area contributed by atoms with Crippen molar-refractivity contribution in [2.45, 2.75) is 63.9 Å². The fourth-order valence-corrected chi connectivity index (χ4v) is 2.89.